The number of primary amides is 1. The van der Waals surface area contributed by atoms with E-state index in [-0.39, 0.29) is 16.1 Å². The number of nitro groups is 1. The maximum absolute atomic E-state index is 13.2. The van der Waals surface area contributed by atoms with Crippen molar-refractivity contribution in [3.8, 4) is 0 Å². The van der Waals surface area contributed by atoms with Crippen molar-refractivity contribution in [1.82, 2.24) is 0 Å². The summed E-state index contributed by atoms with van der Waals surface area (Å²) in [7, 11) is 0. The summed E-state index contributed by atoms with van der Waals surface area (Å²) in [5.74, 6) is -2.45. The number of carbonyl (C=O) groups is 2. The minimum atomic E-state index is -1.04. The SMILES string of the molecule is NC(=O)c1ccsc1NC(=O)c1ccc(F)c([N+](=O)[O-])c1. The predicted octanol–water partition coefficient (Wildman–Crippen LogP) is 2.15. The monoisotopic (exact) mass is 309 g/mol. The molecular weight excluding hydrogens is 301 g/mol. The lowest BCUT2D eigenvalue weighted by molar-refractivity contribution is -0.387. The van der Waals surface area contributed by atoms with Crippen molar-refractivity contribution in [2.75, 3.05) is 5.32 Å². The lowest BCUT2D eigenvalue weighted by Crippen LogP contribution is -2.16. The van der Waals surface area contributed by atoms with Crippen LogP contribution in [0.5, 0.6) is 0 Å². The van der Waals surface area contributed by atoms with Crippen LogP contribution < -0.4 is 11.1 Å². The van der Waals surface area contributed by atoms with Gasteiger partial charge in [0.25, 0.3) is 11.8 Å². The van der Waals surface area contributed by atoms with E-state index in [4.69, 9.17) is 5.73 Å². The van der Waals surface area contributed by atoms with E-state index in [9.17, 15) is 24.1 Å². The van der Waals surface area contributed by atoms with Crippen LogP contribution >= 0.6 is 11.3 Å². The van der Waals surface area contributed by atoms with Crippen LogP contribution in [0.1, 0.15) is 20.7 Å². The topological polar surface area (TPSA) is 115 Å². The van der Waals surface area contributed by atoms with E-state index in [2.05, 4.69) is 5.32 Å². The molecule has 2 aromatic rings. The van der Waals surface area contributed by atoms with Gasteiger partial charge in [-0.15, -0.1) is 11.3 Å². The first-order chi connectivity index (χ1) is 9.90. The molecule has 0 radical (unpaired) electrons. The van der Waals surface area contributed by atoms with Crippen molar-refractivity contribution in [3.05, 3.63) is 56.7 Å². The van der Waals surface area contributed by atoms with Crippen molar-refractivity contribution >= 4 is 33.8 Å². The van der Waals surface area contributed by atoms with Crippen LogP contribution in [0.15, 0.2) is 29.6 Å². The molecule has 0 spiro atoms. The van der Waals surface area contributed by atoms with E-state index in [1.54, 1.807) is 5.38 Å². The van der Waals surface area contributed by atoms with Crippen molar-refractivity contribution in [3.63, 3.8) is 0 Å². The molecule has 2 rings (SSSR count). The number of thiophene rings is 1. The number of amides is 2. The number of carbonyl (C=O) groups excluding carboxylic acids is 2. The Labute approximate surface area is 121 Å². The number of rotatable bonds is 4. The Morgan fingerprint density at radius 2 is 2.05 bits per heavy atom. The summed E-state index contributed by atoms with van der Waals surface area (Å²) >= 11 is 1.07. The number of hydrogen-bond donors (Lipinski definition) is 2. The molecule has 7 nitrogen and oxygen atoms in total. The van der Waals surface area contributed by atoms with Crippen molar-refractivity contribution in [2.24, 2.45) is 5.73 Å². The van der Waals surface area contributed by atoms with Gasteiger partial charge in [0, 0.05) is 11.6 Å². The number of nitrogens with two attached hydrogens (primary N) is 1. The fourth-order valence-electron chi connectivity index (χ4n) is 1.57. The second-order valence-corrected chi connectivity index (χ2v) is 4.82. The fraction of sp³-hybridized carbons (Fsp3) is 0. The number of benzene rings is 1. The predicted molar refractivity (Wildman–Crippen MR) is 73.8 cm³/mol. The molecule has 3 N–H and O–H groups in total. The maximum atomic E-state index is 13.2. The molecule has 0 fully saturated rings. The molecule has 0 aliphatic rings. The Hall–Kier alpha value is -2.81. The first-order valence-electron chi connectivity index (χ1n) is 5.52. The summed E-state index contributed by atoms with van der Waals surface area (Å²) in [5.41, 5.74) is 4.36. The molecule has 1 aromatic heterocycles. The Morgan fingerprint density at radius 3 is 2.67 bits per heavy atom. The number of nitrogens with one attached hydrogen (secondary N) is 1. The normalized spacial score (nSPS) is 10.1. The summed E-state index contributed by atoms with van der Waals surface area (Å²) in [6, 6.07) is 4.20. The standard InChI is InChI=1S/C12H8FN3O4S/c13-8-2-1-6(5-9(8)16(19)20)11(18)15-12-7(10(14)17)3-4-21-12/h1-5H,(H2,14,17)(H,15,18). The summed E-state index contributed by atoms with van der Waals surface area (Å²) in [6.07, 6.45) is 0. The van der Waals surface area contributed by atoms with Crippen molar-refractivity contribution in [1.29, 1.82) is 0 Å². The number of anilines is 1. The molecule has 0 saturated heterocycles. The van der Waals surface area contributed by atoms with Gasteiger partial charge < -0.3 is 11.1 Å². The number of halogens is 1. The lowest BCUT2D eigenvalue weighted by atomic mass is 10.2. The molecule has 1 heterocycles. The maximum Gasteiger partial charge on any atom is 0.305 e. The molecule has 0 saturated carbocycles. The van der Waals surface area contributed by atoms with Gasteiger partial charge >= 0.3 is 5.69 Å². The number of nitrogens with zero attached hydrogens (tertiary/aromatic N) is 1. The highest BCUT2D eigenvalue weighted by molar-refractivity contribution is 7.14. The van der Waals surface area contributed by atoms with Crippen LogP contribution in [-0.2, 0) is 0 Å². The van der Waals surface area contributed by atoms with Gasteiger partial charge in [-0.05, 0) is 23.6 Å². The zero-order chi connectivity index (χ0) is 15.6. The zero-order valence-corrected chi connectivity index (χ0v) is 11.1. The molecule has 21 heavy (non-hydrogen) atoms. The minimum Gasteiger partial charge on any atom is -0.366 e. The first-order valence-corrected chi connectivity index (χ1v) is 6.40. The van der Waals surface area contributed by atoms with Crippen LogP contribution in [0.25, 0.3) is 0 Å². The van der Waals surface area contributed by atoms with E-state index < -0.39 is 28.2 Å². The van der Waals surface area contributed by atoms with Crippen molar-refractivity contribution in [2.45, 2.75) is 0 Å². The lowest BCUT2D eigenvalue weighted by Gasteiger charge is -2.05. The second-order valence-electron chi connectivity index (χ2n) is 3.91. The molecule has 0 unspecified atom stereocenters. The number of nitro benzene ring substituents is 1. The van der Waals surface area contributed by atoms with E-state index in [1.165, 1.54) is 6.07 Å². The molecule has 0 bridgehead atoms. The van der Waals surface area contributed by atoms with Gasteiger partial charge in [-0.3, -0.25) is 19.7 Å². The molecule has 2 amide bonds. The van der Waals surface area contributed by atoms with Gasteiger partial charge in [0.05, 0.1) is 10.5 Å². The Balaban J connectivity index is 2.29. The second kappa shape index (κ2) is 5.67. The average molecular weight is 309 g/mol. The quantitative estimate of drug-likeness (QED) is 0.665. The van der Waals surface area contributed by atoms with Crippen LogP contribution in [-0.4, -0.2) is 16.7 Å². The van der Waals surface area contributed by atoms with Gasteiger partial charge in [0.1, 0.15) is 5.00 Å². The molecule has 0 aliphatic heterocycles. The van der Waals surface area contributed by atoms with E-state index in [0.29, 0.717) is 0 Å². The third-order valence-electron chi connectivity index (χ3n) is 2.56. The van der Waals surface area contributed by atoms with Crippen LogP contribution in [0.3, 0.4) is 0 Å². The summed E-state index contributed by atoms with van der Waals surface area (Å²) in [5, 5.41) is 14.8. The summed E-state index contributed by atoms with van der Waals surface area (Å²) in [6.45, 7) is 0. The third kappa shape index (κ3) is 3.03. The largest absolute Gasteiger partial charge is 0.366 e. The van der Waals surface area contributed by atoms with Crippen LogP contribution in [0.4, 0.5) is 15.1 Å². The molecule has 9 heteroatoms. The fourth-order valence-corrected chi connectivity index (χ4v) is 2.36. The molecule has 108 valence electrons. The molecule has 0 atom stereocenters. The molecule has 0 aliphatic carbocycles. The Bertz CT molecular complexity index is 744. The van der Waals surface area contributed by atoms with E-state index in [1.807, 2.05) is 0 Å². The Morgan fingerprint density at radius 1 is 1.33 bits per heavy atom. The van der Waals surface area contributed by atoms with E-state index >= 15 is 0 Å². The smallest absolute Gasteiger partial charge is 0.305 e. The van der Waals surface area contributed by atoms with Gasteiger partial charge in [0.2, 0.25) is 5.82 Å². The van der Waals surface area contributed by atoms with Crippen LogP contribution in [0, 0.1) is 15.9 Å². The number of hydrogen-bond acceptors (Lipinski definition) is 5. The highest BCUT2D eigenvalue weighted by atomic mass is 32.1. The highest BCUT2D eigenvalue weighted by Crippen LogP contribution is 2.24. The van der Waals surface area contributed by atoms with Gasteiger partial charge in [-0.1, -0.05) is 0 Å². The third-order valence-corrected chi connectivity index (χ3v) is 3.39. The summed E-state index contributed by atoms with van der Waals surface area (Å²) in [4.78, 5) is 32.8. The summed E-state index contributed by atoms with van der Waals surface area (Å²) < 4.78 is 13.2. The first kappa shape index (κ1) is 14.6. The average Bonchev–Trinajstić information content (AvgIpc) is 2.87. The van der Waals surface area contributed by atoms with Crippen LogP contribution in [0.2, 0.25) is 0 Å². The Kier molecular flexibility index (Phi) is 3.94. The molecular formula is C12H8FN3O4S. The highest BCUT2D eigenvalue weighted by Gasteiger charge is 2.19. The molecule has 1 aromatic carbocycles. The van der Waals surface area contributed by atoms with Crippen molar-refractivity contribution < 1.29 is 18.9 Å². The minimum absolute atomic E-state index is 0.105. The van der Waals surface area contributed by atoms with Gasteiger partial charge in [0.15, 0.2) is 0 Å². The van der Waals surface area contributed by atoms with Gasteiger partial charge in [-0.2, -0.15) is 4.39 Å². The zero-order valence-electron chi connectivity index (χ0n) is 10.3. The van der Waals surface area contributed by atoms with Gasteiger partial charge in [-0.25, -0.2) is 0 Å². The van der Waals surface area contributed by atoms with E-state index in [0.717, 1.165) is 29.5 Å².